The molecule has 100 valence electrons. The number of amides is 1. The lowest BCUT2D eigenvalue weighted by atomic mass is 9.91. The number of carbonyl (C=O) groups excluding carboxylic acids is 1. The second-order valence-corrected chi connectivity index (χ2v) is 4.48. The van der Waals surface area contributed by atoms with Crippen LogP contribution in [0, 0.1) is 0 Å². The molecule has 17 heavy (non-hydrogen) atoms. The van der Waals surface area contributed by atoms with E-state index in [1.54, 1.807) is 7.11 Å². The first-order valence-electron chi connectivity index (χ1n) is 6.38. The number of nitrogens with zero attached hydrogens (tertiary/aromatic N) is 1. The van der Waals surface area contributed by atoms with Crippen LogP contribution >= 0.6 is 0 Å². The molecule has 1 amide bonds. The SMILES string of the molecule is COCCNC(=O)CN(CCCO)C1CCC1. The van der Waals surface area contributed by atoms with Gasteiger partial charge in [-0.15, -0.1) is 0 Å². The smallest absolute Gasteiger partial charge is 0.234 e. The Morgan fingerprint density at radius 3 is 2.82 bits per heavy atom. The molecule has 0 bridgehead atoms. The summed E-state index contributed by atoms with van der Waals surface area (Å²) >= 11 is 0. The lowest BCUT2D eigenvalue weighted by Gasteiger charge is -2.37. The number of rotatable bonds is 9. The molecule has 1 saturated carbocycles. The molecule has 0 heterocycles. The fourth-order valence-electron chi connectivity index (χ4n) is 1.95. The maximum absolute atomic E-state index is 11.7. The molecule has 0 unspecified atom stereocenters. The number of hydrogen-bond donors (Lipinski definition) is 2. The van der Waals surface area contributed by atoms with Gasteiger partial charge in [-0.1, -0.05) is 6.42 Å². The third-order valence-corrected chi connectivity index (χ3v) is 3.17. The van der Waals surface area contributed by atoms with Gasteiger partial charge in [-0.2, -0.15) is 0 Å². The van der Waals surface area contributed by atoms with Crippen LogP contribution in [0.5, 0.6) is 0 Å². The van der Waals surface area contributed by atoms with Crippen LogP contribution in [0.2, 0.25) is 0 Å². The van der Waals surface area contributed by atoms with E-state index in [-0.39, 0.29) is 12.5 Å². The molecule has 0 atom stereocenters. The van der Waals surface area contributed by atoms with Crippen molar-refractivity contribution in [3.05, 3.63) is 0 Å². The van der Waals surface area contributed by atoms with Gasteiger partial charge in [0.25, 0.3) is 0 Å². The first-order valence-corrected chi connectivity index (χ1v) is 6.38. The van der Waals surface area contributed by atoms with Crippen molar-refractivity contribution in [1.29, 1.82) is 0 Å². The van der Waals surface area contributed by atoms with Crippen LogP contribution in [0.4, 0.5) is 0 Å². The van der Waals surface area contributed by atoms with E-state index in [2.05, 4.69) is 10.2 Å². The molecule has 2 N–H and O–H groups in total. The summed E-state index contributed by atoms with van der Waals surface area (Å²) in [6.45, 7) is 2.54. The summed E-state index contributed by atoms with van der Waals surface area (Å²) in [5.74, 6) is 0.0480. The van der Waals surface area contributed by atoms with Crippen LogP contribution in [0.25, 0.3) is 0 Å². The van der Waals surface area contributed by atoms with Crippen LogP contribution in [0.1, 0.15) is 25.7 Å². The van der Waals surface area contributed by atoms with Crippen molar-refractivity contribution < 1.29 is 14.6 Å². The second kappa shape index (κ2) is 8.44. The van der Waals surface area contributed by atoms with Gasteiger partial charge in [0.05, 0.1) is 13.2 Å². The lowest BCUT2D eigenvalue weighted by molar-refractivity contribution is -0.123. The molecular weight excluding hydrogens is 220 g/mol. The minimum atomic E-state index is 0.0480. The van der Waals surface area contributed by atoms with E-state index < -0.39 is 0 Å². The first kappa shape index (κ1) is 14.4. The van der Waals surface area contributed by atoms with Crippen molar-refractivity contribution in [2.45, 2.75) is 31.7 Å². The van der Waals surface area contributed by atoms with Crippen molar-refractivity contribution in [3.8, 4) is 0 Å². The van der Waals surface area contributed by atoms with Crippen molar-refractivity contribution in [2.75, 3.05) is 40.0 Å². The van der Waals surface area contributed by atoms with Crippen molar-refractivity contribution >= 4 is 5.91 Å². The quantitative estimate of drug-likeness (QED) is 0.560. The van der Waals surface area contributed by atoms with Crippen LogP contribution in [0.3, 0.4) is 0 Å². The minimum absolute atomic E-state index is 0.0480. The zero-order valence-corrected chi connectivity index (χ0v) is 10.7. The Balaban J connectivity index is 2.23. The van der Waals surface area contributed by atoms with Crippen LogP contribution in [0.15, 0.2) is 0 Å². The van der Waals surface area contributed by atoms with Crippen LogP contribution in [-0.2, 0) is 9.53 Å². The lowest BCUT2D eigenvalue weighted by Crippen LogP contribution is -2.46. The van der Waals surface area contributed by atoms with E-state index in [1.165, 1.54) is 19.3 Å². The average molecular weight is 244 g/mol. The highest BCUT2D eigenvalue weighted by atomic mass is 16.5. The zero-order valence-electron chi connectivity index (χ0n) is 10.7. The van der Waals surface area contributed by atoms with Crippen molar-refractivity contribution in [1.82, 2.24) is 10.2 Å². The minimum Gasteiger partial charge on any atom is -0.396 e. The molecule has 0 radical (unpaired) electrons. The standard InChI is InChI=1S/C12H24N2O3/c1-17-9-6-13-12(16)10-14(7-3-8-15)11-4-2-5-11/h11,15H,2-10H2,1H3,(H,13,16). The monoisotopic (exact) mass is 244 g/mol. The molecule has 1 aliphatic carbocycles. The number of ether oxygens (including phenoxy) is 1. The number of hydrogen-bond acceptors (Lipinski definition) is 4. The summed E-state index contributed by atoms with van der Waals surface area (Å²) < 4.78 is 4.88. The Kier molecular flexibility index (Phi) is 7.16. The predicted molar refractivity (Wildman–Crippen MR) is 65.8 cm³/mol. The van der Waals surface area contributed by atoms with Gasteiger partial charge in [0.1, 0.15) is 0 Å². The van der Waals surface area contributed by atoms with Gasteiger partial charge in [-0.25, -0.2) is 0 Å². The van der Waals surface area contributed by atoms with E-state index in [4.69, 9.17) is 9.84 Å². The Morgan fingerprint density at radius 1 is 1.53 bits per heavy atom. The molecule has 5 heteroatoms. The highest BCUT2D eigenvalue weighted by Gasteiger charge is 2.25. The normalized spacial score (nSPS) is 15.9. The van der Waals surface area contributed by atoms with E-state index in [0.717, 1.165) is 13.0 Å². The predicted octanol–water partition coefficient (Wildman–Crippen LogP) is -0.0141. The topological polar surface area (TPSA) is 61.8 Å². The zero-order chi connectivity index (χ0) is 12.5. The summed E-state index contributed by atoms with van der Waals surface area (Å²) in [7, 11) is 1.62. The fourth-order valence-corrected chi connectivity index (χ4v) is 1.95. The summed E-state index contributed by atoms with van der Waals surface area (Å²) in [6, 6.07) is 0.537. The first-order chi connectivity index (χ1) is 8.27. The van der Waals surface area contributed by atoms with Gasteiger partial charge in [0.15, 0.2) is 0 Å². The van der Waals surface area contributed by atoms with Crippen molar-refractivity contribution in [2.24, 2.45) is 0 Å². The maximum atomic E-state index is 11.7. The third-order valence-electron chi connectivity index (χ3n) is 3.17. The molecule has 0 aliphatic heterocycles. The van der Waals surface area contributed by atoms with Gasteiger partial charge >= 0.3 is 0 Å². The second-order valence-electron chi connectivity index (χ2n) is 4.48. The summed E-state index contributed by atoms with van der Waals surface area (Å²) in [6.07, 6.45) is 4.35. The summed E-state index contributed by atoms with van der Waals surface area (Å²) in [4.78, 5) is 13.8. The molecule has 0 aromatic carbocycles. The summed E-state index contributed by atoms with van der Waals surface area (Å²) in [5, 5.41) is 11.7. The molecular formula is C12H24N2O3. The maximum Gasteiger partial charge on any atom is 0.234 e. The molecule has 0 aromatic rings. The Hall–Kier alpha value is -0.650. The van der Waals surface area contributed by atoms with Crippen LogP contribution in [-0.4, -0.2) is 61.9 Å². The van der Waals surface area contributed by atoms with E-state index in [0.29, 0.717) is 25.7 Å². The largest absolute Gasteiger partial charge is 0.396 e. The molecule has 1 aliphatic rings. The average Bonchev–Trinajstić information content (AvgIpc) is 2.23. The molecule has 0 aromatic heterocycles. The molecule has 0 saturated heterocycles. The number of methoxy groups -OCH3 is 1. The highest BCUT2D eigenvalue weighted by Crippen LogP contribution is 2.24. The summed E-state index contributed by atoms with van der Waals surface area (Å²) in [5.41, 5.74) is 0. The van der Waals surface area contributed by atoms with E-state index >= 15 is 0 Å². The number of aliphatic hydroxyl groups is 1. The third kappa shape index (κ3) is 5.48. The van der Waals surface area contributed by atoms with Gasteiger partial charge in [-0.3, -0.25) is 9.69 Å². The molecule has 1 fully saturated rings. The highest BCUT2D eigenvalue weighted by molar-refractivity contribution is 5.78. The van der Waals surface area contributed by atoms with Gasteiger partial charge in [0, 0.05) is 32.8 Å². The Bertz CT molecular complexity index is 220. The number of nitrogens with one attached hydrogen (secondary N) is 1. The number of aliphatic hydroxyl groups excluding tert-OH is 1. The van der Waals surface area contributed by atoms with Crippen molar-refractivity contribution in [3.63, 3.8) is 0 Å². The van der Waals surface area contributed by atoms with E-state index in [1.807, 2.05) is 0 Å². The molecule has 0 spiro atoms. The van der Waals surface area contributed by atoms with Gasteiger partial charge in [-0.05, 0) is 19.3 Å². The Morgan fingerprint density at radius 2 is 2.29 bits per heavy atom. The molecule has 5 nitrogen and oxygen atoms in total. The number of carbonyl (C=O) groups is 1. The molecule has 1 rings (SSSR count). The van der Waals surface area contributed by atoms with Crippen LogP contribution < -0.4 is 5.32 Å². The fraction of sp³-hybridized carbons (Fsp3) is 0.917. The van der Waals surface area contributed by atoms with Gasteiger partial charge < -0.3 is 15.2 Å². The van der Waals surface area contributed by atoms with Gasteiger partial charge in [0.2, 0.25) is 5.91 Å². The van der Waals surface area contributed by atoms with E-state index in [9.17, 15) is 4.79 Å². The Labute approximate surface area is 103 Å².